The SMILES string of the molecule is CCC(C)(CC)NC(=O)c1ccc([N+](=O)[O-])cc1Cl. The van der Waals surface area contributed by atoms with Crippen LogP contribution in [0.3, 0.4) is 0 Å². The fourth-order valence-electron chi connectivity index (χ4n) is 1.57. The first-order chi connectivity index (χ1) is 8.83. The van der Waals surface area contributed by atoms with E-state index in [2.05, 4.69) is 5.32 Å². The van der Waals surface area contributed by atoms with Crippen molar-refractivity contribution in [2.45, 2.75) is 39.2 Å². The van der Waals surface area contributed by atoms with Crippen molar-refractivity contribution in [3.63, 3.8) is 0 Å². The van der Waals surface area contributed by atoms with Crippen molar-refractivity contribution in [1.29, 1.82) is 0 Å². The van der Waals surface area contributed by atoms with Crippen LogP contribution in [0.4, 0.5) is 5.69 Å². The van der Waals surface area contributed by atoms with Crippen molar-refractivity contribution >= 4 is 23.2 Å². The smallest absolute Gasteiger partial charge is 0.270 e. The molecule has 0 aliphatic rings. The Kier molecular flexibility index (Phi) is 4.89. The van der Waals surface area contributed by atoms with E-state index in [1.807, 2.05) is 20.8 Å². The van der Waals surface area contributed by atoms with E-state index in [0.29, 0.717) is 0 Å². The molecule has 0 radical (unpaired) electrons. The molecule has 0 atom stereocenters. The third-order valence-corrected chi connectivity index (χ3v) is 3.70. The second-order valence-electron chi connectivity index (χ2n) is 4.64. The number of nitro groups is 1. The first-order valence-corrected chi connectivity index (χ1v) is 6.47. The lowest BCUT2D eigenvalue weighted by molar-refractivity contribution is -0.384. The molecule has 0 spiro atoms. The molecule has 0 heterocycles. The molecule has 5 nitrogen and oxygen atoms in total. The zero-order valence-electron chi connectivity index (χ0n) is 11.2. The van der Waals surface area contributed by atoms with Crippen LogP contribution in [0.1, 0.15) is 44.0 Å². The Morgan fingerprint density at radius 3 is 2.42 bits per heavy atom. The summed E-state index contributed by atoms with van der Waals surface area (Å²) >= 11 is 5.92. The van der Waals surface area contributed by atoms with Crippen molar-refractivity contribution < 1.29 is 9.72 Å². The Labute approximate surface area is 117 Å². The van der Waals surface area contributed by atoms with Crippen LogP contribution in [0.2, 0.25) is 5.02 Å². The molecule has 0 unspecified atom stereocenters. The van der Waals surface area contributed by atoms with E-state index < -0.39 is 4.92 Å². The molecule has 1 aromatic carbocycles. The van der Waals surface area contributed by atoms with Crippen LogP contribution < -0.4 is 5.32 Å². The van der Waals surface area contributed by atoms with E-state index in [1.54, 1.807) is 0 Å². The maximum absolute atomic E-state index is 12.1. The second kappa shape index (κ2) is 6.02. The highest BCUT2D eigenvalue weighted by Gasteiger charge is 2.24. The van der Waals surface area contributed by atoms with E-state index in [-0.39, 0.29) is 27.7 Å². The summed E-state index contributed by atoms with van der Waals surface area (Å²) in [4.78, 5) is 22.2. The van der Waals surface area contributed by atoms with E-state index in [4.69, 9.17) is 11.6 Å². The third kappa shape index (κ3) is 3.67. The number of nitrogens with zero attached hydrogens (tertiary/aromatic N) is 1. The fourth-order valence-corrected chi connectivity index (χ4v) is 1.83. The number of carbonyl (C=O) groups is 1. The van der Waals surface area contributed by atoms with Gasteiger partial charge in [-0.05, 0) is 25.8 Å². The van der Waals surface area contributed by atoms with Crippen LogP contribution in [-0.2, 0) is 0 Å². The van der Waals surface area contributed by atoms with Gasteiger partial charge in [0.25, 0.3) is 11.6 Å². The summed E-state index contributed by atoms with van der Waals surface area (Å²) in [5, 5.41) is 13.6. The van der Waals surface area contributed by atoms with Crippen LogP contribution in [0.5, 0.6) is 0 Å². The average Bonchev–Trinajstić information content (AvgIpc) is 2.38. The Morgan fingerprint density at radius 2 is 2.00 bits per heavy atom. The Balaban J connectivity index is 2.98. The van der Waals surface area contributed by atoms with Gasteiger partial charge in [0.05, 0.1) is 15.5 Å². The number of nitro benzene ring substituents is 1. The predicted molar refractivity (Wildman–Crippen MR) is 74.6 cm³/mol. The van der Waals surface area contributed by atoms with Crippen molar-refractivity contribution in [3.05, 3.63) is 38.9 Å². The van der Waals surface area contributed by atoms with Gasteiger partial charge in [0.1, 0.15) is 0 Å². The van der Waals surface area contributed by atoms with E-state index in [0.717, 1.165) is 12.8 Å². The van der Waals surface area contributed by atoms with Gasteiger partial charge in [-0.3, -0.25) is 14.9 Å². The number of rotatable bonds is 5. The quantitative estimate of drug-likeness (QED) is 0.664. The minimum absolute atomic E-state index is 0.0845. The van der Waals surface area contributed by atoms with E-state index >= 15 is 0 Å². The standard InChI is InChI=1S/C13H17ClN2O3/c1-4-13(3,5-2)15-12(17)10-7-6-9(16(18)19)8-11(10)14/h6-8H,4-5H2,1-3H3,(H,15,17). The molecule has 0 bridgehead atoms. The van der Waals surface area contributed by atoms with Crippen molar-refractivity contribution in [2.75, 3.05) is 0 Å². The number of benzene rings is 1. The Morgan fingerprint density at radius 1 is 1.42 bits per heavy atom. The van der Waals surface area contributed by atoms with Gasteiger partial charge >= 0.3 is 0 Å². The van der Waals surface area contributed by atoms with Gasteiger partial charge in [-0.25, -0.2) is 0 Å². The van der Waals surface area contributed by atoms with Gasteiger partial charge in [-0.15, -0.1) is 0 Å². The largest absolute Gasteiger partial charge is 0.347 e. The number of hydrogen-bond donors (Lipinski definition) is 1. The highest BCUT2D eigenvalue weighted by Crippen LogP contribution is 2.23. The maximum Gasteiger partial charge on any atom is 0.270 e. The number of amides is 1. The zero-order valence-corrected chi connectivity index (χ0v) is 12.0. The number of nitrogens with one attached hydrogen (secondary N) is 1. The number of halogens is 1. The lowest BCUT2D eigenvalue weighted by Crippen LogP contribution is -2.45. The molecule has 1 rings (SSSR count). The van der Waals surface area contributed by atoms with Gasteiger partial charge < -0.3 is 5.32 Å². The molecule has 0 saturated heterocycles. The topological polar surface area (TPSA) is 72.2 Å². The summed E-state index contributed by atoms with van der Waals surface area (Å²) in [7, 11) is 0. The van der Waals surface area contributed by atoms with Crippen molar-refractivity contribution in [3.8, 4) is 0 Å². The minimum atomic E-state index is -0.546. The zero-order chi connectivity index (χ0) is 14.6. The van der Waals surface area contributed by atoms with E-state index in [1.165, 1.54) is 18.2 Å². The van der Waals surface area contributed by atoms with Gasteiger partial charge in [-0.2, -0.15) is 0 Å². The lowest BCUT2D eigenvalue weighted by Gasteiger charge is -2.28. The summed E-state index contributed by atoms with van der Waals surface area (Å²) in [6.07, 6.45) is 1.58. The molecule has 1 N–H and O–H groups in total. The highest BCUT2D eigenvalue weighted by atomic mass is 35.5. The summed E-state index contributed by atoms with van der Waals surface area (Å²) in [6, 6.07) is 3.84. The van der Waals surface area contributed by atoms with Crippen LogP contribution in [0.25, 0.3) is 0 Å². The van der Waals surface area contributed by atoms with Crippen LogP contribution in [-0.4, -0.2) is 16.4 Å². The Hall–Kier alpha value is -1.62. The van der Waals surface area contributed by atoms with Gasteiger partial charge in [0, 0.05) is 17.7 Å². The Bertz CT molecular complexity index is 499. The van der Waals surface area contributed by atoms with Crippen LogP contribution in [0.15, 0.2) is 18.2 Å². The third-order valence-electron chi connectivity index (χ3n) is 3.38. The molecule has 0 aliphatic carbocycles. The lowest BCUT2D eigenvalue weighted by atomic mass is 9.95. The normalized spacial score (nSPS) is 11.2. The fraction of sp³-hybridized carbons (Fsp3) is 0.462. The van der Waals surface area contributed by atoms with Gasteiger partial charge in [0.2, 0.25) is 0 Å². The molecular weight excluding hydrogens is 268 g/mol. The molecule has 1 aromatic rings. The van der Waals surface area contributed by atoms with E-state index in [9.17, 15) is 14.9 Å². The molecule has 0 fully saturated rings. The predicted octanol–water partition coefficient (Wildman–Crippen LogP) is 3.56. The summed E-state index contributed by atoms with van der Waals surface area (Å²) in [5.74, 6) is -0.314. The van der Waals surface area contributed by atoms with Crippen LogP contribution in [0, 0.1) is 10.1 Å². The van der Waals surface area contributed by atoms with Gasteiger partial charge in [-0.1, -0.05) is 25.4 Å². The summed E-state index contributed by atoms with van der Waals surface area (Å²) < 4.78 is 0. The maximum atomic E-state index is 12.1. The molecule has 1 amide bonds. The highest BCUT2D eigenvalue weighted by molar-refractivity contribution is 6.34. The molecule has 0 saturated carbocycles. The molecule has 0 aliphatic heterocycles. The minimum Gasteiger partial charge on any atom is -0.347 e. The first kappa shape index (κ1) is 15.4. The molecule has 19 heavy (non-hydrogen) atoms. The molecule has 6 heteroatoms. The second-order valence-corrected chi connectivity index (χ2v) is 5.05. The van der Waals surface area contributed by atoms with Crippen LogP contribution >= 0.6 is 11.6 Å². The molecule has 0 aromatic heterocycles. The summed E-state index contributed by atoms with van der Waals surface area (Å²) in [5.41, 5.74) is -0.182. The van der Waals surface area contributed by atoms with Crippen molar-refractivity contribution in [2.24, 2.45) is 0 Å². The molecule has 104 valence electrons. The monoisotopic (exact) mass is 284 g/mol. The molecular formula is C13H17ClN2O3. The number of non-ortho nitro benzene ring substituents is 1. The van der Waals surface area contributed by atoms with Crippen molar-refractivity contribution in [1.82, 2.24) is 5.32 Å². The average molecular weight is 285 g/mol. The summed E-state index contributed by atoms with van der Waals surface area (Å²) in [6.45, 7) is 5.92. The number of carbonyl (C=O) groups excluding carboxylic acids is 1. The first-order valence-electron chi connectivity index (χ1n) is 6.09. The number of hydrogen-bond acceptors (Lipinski definition) is 3. The van der Waals surface area contributed by atoms with Gasteiger partial charge in [0.15, 0.2) is 0 Å².